The molecule has 12 fully saturated rings. The highest BCUT2D eigenvalue weighted by molar-refractivity contribution is 5.81. The van der Waals surface area contributed by atoms with Crippen molar-refractivity contribution in [2.24, 2.45) is 54.4 Å². The van der Waals surface area contributed by atoms with E-state index in [1.165, 1.54) is 288 Å². The van der Waals surface area contributed by atoms with Gasteiger partial charge in [0, 0.05) is 142 Å². The summed E-state index contributed by atoms with van der Waals surface area (Å²) in [6.07, 6.45) is 50.7. The van der Waals surface area contributed by atoms with Gasteiger partial charge in [-0.2, -0.15) is 0 Å². The topological polar surface area (TPSA) is 34.1 Å². The van der Waals surface area contributed by atoms with E-state index in [9.17, 15) is 0 Å². The monoisotopic (exact) mass is 1560 g/mol. The van der Waals surface area contributed by atoms with Gasteiger partial charge in [0.1, 0.15) is 0 Å². The number of hydrogen-bond acceptors (Lipinski definition) is 9. The fraction of sp³-hybridized carbons (Fsp3) is 0.750. The maximum Gasteiger partial charge on any atom is 0.0479 e. The molecule has 10 heterocycles. The predicted molar refractivity (Wildman–Crippen MR) is 496 cm³/mol. The third kappa shape index (κ3) is 23.4. The summed E-state index contributed by atoms with van der Waals surface area (Å²) in [6.45, 7) is 26.0. The van der Waals surface area contributed by atoms with Crippen molar-refractivity contribution in [3.8, 4) is 0 Å². The van der Waals surface area contributed by atoms with Crippen molar-refractivity contribution in [2.45, 2.75) is 373 Å². The Morgan fingerprint density at radius 1 is 0.289 bits per heavy atom. The molecule has 6 saturated heterocycles. The number of aromatic nitrogens is 1. The van der Waals surface area contributed by atoms with E-state index in [-0.39, 0.29) is 0 Å². The van der Waals surface area contributed by atoms with Gasteiger partial charge in [0.15, 0.2) is 0 Å². The molecule has 1 aromatic heterocycles. The summed E-state index contributed by atoms with van der Waals surface area (Å²) >= 11 is 0. The second kappa shape index (κ2) is 43.7. The highest BCUT2D eigenvalue weighted by atomic mass is 15.2. The lowest BCUT2D eigenvalue weighted by atomic mass is 9.71. The Morgan fingerprint density at radius 2 is 0.675 bits per heavy atom. The molecule has 21 unspecified atom stereocenters. The molecule has 9 aliphatic heterocycles. The SMILES string of the molecule is CC1C2CCCCC2CCN1C.CC1CC2CCCC2N1C.CC1CC2CCCCC2CN1C.CC1CC2CCCCC2N1C.CC1CC2CCCCC2N1C.CC1CCC2CCCCC2N1C.CC1CCc2ccccc2N1C.CC1CCc2ccccc2N1C.CC1Cc2ccccc2N1C.Cc1cc2ccccc2n1C. The maximum absolute atomic E-state index is 2.63. The number of nitrogens with zero attached hydrogens (tertiary/aromatic N) is 10. The Labute approximate surface area is 701 Å². The molecule has 21 atom stereocenters. The smallest absolute Gasteiger partial charge is 0.0479 e. The van der Waals surface area contributed by atoms with E-state index in [1.807, 2.05) is 0 Å². The van der Waals surface area contributed by atoms with Gasteiger partial charge in [-0.15, -0.1) is 0 Å². The van der Waals surface area contributed by atoms with Crippen LogP contribution >= 0.6 is 0 Å². The van der Waals surface area contributed by atoms with Gasteiger partial charge in [-0.3, -0.25) is 0 Å². The van der Waals surface area contributed by atoms with Crippen LogP contribution in [0, 0.1) is 54.3 Å². The third-order valence-corrected chi connectivity index (χ3v) is 33.6. The molecular weight excluding hydrogens is 1390 g/mol. The van der Waals surface area contributed by atoms with E-state index in [4.69, 9.17) is 0 Å². The first-order valence-electron chi connectivity index (χ1n) is 48.1. The molecule has 114 heavy (non-hydrogen) atoms. The summed E-state index contributed by atoms with van der Waals surface area (Å²) in [5.41, 5.74) is 11.3. The Kier molecular flexibility index (Phi) is 34.6. The zero-order valence-corrected chi connectivity index (χ0v) is 77.1. The highest BCUT2D eigenvalue weighted by Crippen LogP contribution is 2.44. The molecule has 10 nitrogen and oxygen atoms in total. The largest absolute Gasteiger partial charge is 0.372 e. The van der Waals surface area contributed by atoms with E-state index < -0.39 is 0 Å². The quantitative estimate of drug-likeness (QED) is 0.151. The van der Waals surface area contributed by atoms with Crippen LogP contribution < -0.4 is 14.7 Å². The van der Waals surface area contributed by atoms with Crippen LogP contribution in [0.1, 0.15) is 290 Å². The molecule has 0 N–H and O–H groups in total. The summed E-state index contributed by atoms with van der Waals surface area (Å²) in [5, 5.41) is 1.33. The number of likely N-dealkylation sites (N-methyl/N-ethyl adjacent to an activating group) is 1. The van der Waals surface area contributed by atoms with E-state index in [1.54, 1.807) is 0 Å². The molecule has 4 aromatic carbocycles. The lowest BCUT2D eigenvalue weighted by molar-refractivity contribution is 0.0447. The van der Waals surface area contributed by atoms with Gasteiger partial charge in [-0.05, 0) is 359 Å². The fourth-order valence-corrected chi connectivity index (χ4v) is 24.7. The number of aryl methyl sites for hydroxylation is 4. The van der Waals surface area contributed by atoms with Crippen LogP contribution in [0.2, 0.25) is 0 Å². The van der Waals surface area contributed by atoms with Crippen LogP contribution in [-0.2, 0) is 26.3 Å². The number of hydrogen-bond donors (Lipinski definition) is 0. The van der Waals surface area contributed by atoms with E-state index in [2.05, 4.69) is 292 Å². The molecule has 6 aliphatic carbocycles. The second-order valence-corrected chi connectivity index (χ2v) is 40.4. The first-order chi connectivity index (χ1) is 54.9. The van der Waals surface area contributed by atoms with Crippen molar-refractivity contribution in [3.05, 3.63) is 126 Å². The molecule has 5 aromatic rings. The van der Waals surface area contributed by atoms with Gasteiger partial charge in [-0.25, -0.2) is 0 Å². The zero-order valence-electron chi connectivity index (χ0n) is 77.1. The Bertz CT molecular complexity index is 3440. The third-order valence-electron chi connectivity index (χ3n) is 33.6. The van der Waals surface area contributed by atoms with E-state index >= 15 is 0 Å². The van der Waals surface area contributed by atoms with Crippen LogP contribution in [0.4, 0.5) is 17.1 Å². The lowest BCUT2D eigenvalue weighted by Gasteiger charge is -2.45. The van der Waals surface area contributed by atoms with Crippen LogP contribution in [0.25, 0.3) is 10.9 Å². The molecule has 638 valence electrons. The van der Waals surface area contributed by atoms with Crippen LogP contribution in [0.5, 0.6) is 0 Å². The van der Waals surface area contributed by atoms with Crippen LogP contribution in [-0.4, -0.2) is 189 Å². The van der Waals surface area contributed by atoms with Crippen molar-refractivity contribution in [2.75, 3.05) is 91.2 Å². The van der Waals surface area contributed by atoms with Gasteiger partial charge < -0.3 is 48.7 Å². The van der Waals surface area contributed by atoms with Crippen molar-refractivity contribution >= 4 is 28.0 Å². The number of anilines is 3. The Hall–Kier alpha value is -4.42. The molecule has 0 bridgehead atoms. The minimum atomic E-state index is 0.674. The molecule has 0 radical (unpaired) electrons. The highest BCUT2D eigenvalue weighted by Gasteiger charge is 2.42. The number of likely N-dealkylation sites (tertiary alicyclic amines) is 6. The van der Waals surface area contributed by atoms with Gasteiger partial charge in [0.05, 0.1) is 0 Å². The van der Waals surface area contributed by atoms with E-state index in [0.717, 1.165) is 108 Å². The Balaban J connectivity index is 0.000000125. The van der Waals surface area contributed by atoms with Crippen molar-refractivity contribution < 1.29 is 0 Å². The van der Waals surface area contributed by atoms with Gasteiger partial charge in [0.25, 0.3) is 0 Å². The van der Waals surface area contributed by atoms with Crippen LogP contribution in [0.3, 0.4) is 0 Å². The van der Waals surface area contributed by atoms with Crippen LogP contribution in [0.15, 0.2) is 103 Å². The summed E-state index contributed by atoms with van der Waals surface area (Å²) < 4.78 is 2.20. The van der Waals surface area contributed by atoms with Gasteiger partial charge >= 0.3 is 0 Å². The summed E-state index contributed by atoms with van der Waals surface area (Å²) in [5.74, 6) is 8.40. The zero-order chi connectivity index (χ0) is 81.3. The Morgan fingerprint density at radius 3 is 1.18 bits per heavy atom. The standard InChI is InChI=1S/3C11H21N.2C11H15N.2C10H19N.C10H13N.C10H11N.C9H17N/c1-9-7-10-5-3-4-6-11(10)8-12(9)2;1-9-11-6-4-3-5-10(11)7-8-12(9)2;3*1-9-7-8-10-5-3-4-6-11(10)12(9)2;4*1-8-7-9-5-3-4-6-10(9)11(8)2;1-7-6-8-4-3-5-9(8)10(7)2/h3*9-11H,3-8H2,1-2H3;2*3-6,9H,7-8H2,1-2H3;2*8-10H,3-7H2,1-2H3;3-6,8H,7H2,1-2H3;3-7H,1-2H3;7-9H,3-6H2,1-2H3. The van der Waals surface area contributed by atoms with Gasteiger partial charge in [0.2, 0.25) is 0 Å². The molecule has 6 saturated carbocycles. The lowest BCUT2D eigenvalue weighted by Crippen LogP contribution is -2.48. The van der Waals surface area contributed by atoms with Crippen molar-refractivity contribution in [1.82, 2.24) is 34.0 Å². The van der Waals surface area contributed by atoms with E-state index in [0.29, 0.717) is 18.1 Å². The minimum Gasteiger partial charge on any atom is -0.372 e. The number of para-hydroxylation sites is 4. The molecule has 15 aliphatic rings. The number of rotatable bonds is 0. The maximum atomic E-state index is 2.63. The summed E-state index contributed by atoms with van der Waals surface area (Å²) in [6, 6.07) is 47.6. The average molecular weight is 1560 g/mol. The molecule has 0 spiro atoms. The minimum absolute atomic E-state index is 0.674. The number of fused-ring (bicyclic) bond motifs is 10. The predicted octanol–water partition coefficient (Wildman–Crippen LogP) is 23.6. The summed E-state index contributed by atoms with van der Waals surface area (Å²) in [7, 11) is 22.4. The first kappa shape index (κ1) is 90.3. The van der Waals surface area contributed by atoms with Crippen molar-refractivity contribution in [1.29, 1.82) is 0 Å². The fourth-order valence-electron chi connectivity index (χ4n) is 24.7. The molecule has 20 rings (SSSR count). The summed E-state index contributed by atoms with van der Waals surface area (Å²) in [4.78, 5) is 22.6. The molecular formula is C104H172N10. The van der Waals surface area contributed by atoms with Crippen molar-refractivity contribution in [3.63, 3.8) is 0 Å². The second-order valence-electron chi connectivity index (χ2n) is 40.4. The average Bonchev–Trinajstić information content (AvgIpc) is 1.77. The number of benzene rings is 4. The first-order valence-corrected chi connectivity index (χ1v) is 48.1. The molecule has 0 amide bonds. The number of piperidine rings is 3. The normalized spacial score (nSPS) is 34.8. The molecule has 10 heteroatoms. The van der Waals surface area contributed by atoms with Gasteiger partial charge in [-0.1, -0.05) is 156 Å².